The first-order valence-corrected chi connectivity index (χ1v) is 8.30. The summed E-state index contributed by atoms with van der Waals surface area (Å²) < 4.78 is 0. The highest BCUT2D eigenvalue weighted by atomic mass is 35.5. The van der Waals surface area contributed by atoms with Crippen LogP contribution in [0.5, 0.6) is 0 Å². The number of carbonyl (C=O) groups is 1. The number of hydrogen-bond acceptors (Lipinski definition) is 2. The van der Waals surface area contributed by atoms with Crippen LogP contribution in [-0.2, 0) is 17.6 Å². The molecule has 0 aliphatic rings. The zero-order valence-electron chi connectivity index (χ0n) is 13.9. The third-order valence-electron chi connectivity index (χ3n) is 3.92. The molecule has 4 heteroatoms. The maximum atomic E-state index is 12.4. The van der Waals surface area contributed by atoms with Crippen molar-refractivity contribution >= 4 is 28.9 Å². The van der Waals surface area contributed by atoms with Crippen LogP contribution in [0.1, 0.15) is 25.0 Å². The van der Waals surface area contributed by atoms with Gasteiger partial charge in [-0.3, -0.25) is 4.79 Å². The van der Waals surface area contributed by atoms with Crippen molar-refractivity contribution in [3.05, 3.63) is 58.6 Å². The summed E-state index contributed by atoms with van der Waals surface area (Å²) in [7, 11) is 1.91. The predicted molar refractivity (Wildman–Crippen MR) is 98.5 cm³/mol. The second-order valence-corrected chi connectivity index (χ2v) is 5.91. The number of rotatable bonds is 6. The van der Waals surface area contributed by atoms with Gasteiger partial charge in [-0.2, -0.15) is 0 Å². The average molecular weight is 331 g/mol. The molecule has 0 bridgehead atoms. The van der Waals surface area contributed by atoms with Gasteiger partial charge < -0.3 is 10.2 Å². The lowest BCUT2D eigenvalue weighted by molar-refractivity contribution is -0.114. The number of nitrogens with one attached hydrogen (secondary N) is 1. The molecule has 0 radical (unpaired) electrons. The Morgan fingerprint density at radius 1 is 1.09 bits per heavy atom. The third-order valence-corrected chi connectivity index (χ3v) is 4.27. The Morgan fingerprint density at radius 3 is 2.39 bits per heavy atom. The molecule has 0 aliphatic carbocycles. The number of likely N-dealkylation sites (N-methyl/N-ethyl adjacent to an activating group) is 1. The van der Waals surface area contributed by atoms with E-state index in [9.17, 15) is 4.79 Å². The summed E-state index contributed by atoms with van der Waals surface area (Å²) in [4.78, 5) is 14.4. The van der Waals surface area contributed by atoms with Crippen LogP contribution in [0.25, 0.3) is 0 Å². The van der Waals surface area contributed by atoms with Gasteiger partial charge in [-0.25, -0.2) is 0 Å². The number of carbonyl (C=O) groups excluding carboxylic acids is 1. The number of para-hydroxylation sites is 1. The molecule has 1 N–H and O–H groups in total. The monoisotopic (exact) mass is 330 g/mol. The molecule has 23 heavy (non-hydrogen) atoms. The van der Waals surface area contributed by atoms with Crippen LogP contribution in [0.3, 0.4) is 0 Å². The Kier molecular flexibility index (Phi) is 6.05. The molecule has 0 saturated carbocycles. The smallest absolute Gasteiger partial charge is 0.243 e. The summed E-state index contributed by atoms with van der Waals surface area (Å²) in [5.74, 6) is -0.0389. The van der Waals surface area contributed by atoms with Crippen molar-refractivity contribution in [2.45, 2.75) is 26.7 Å². The molecule has 0 saturated heterocycles. The van der Waals surface area contributed by atoms with Crippen LogP contribution in [0, 0.1) is 0 Å². The Balaban J connectivity index is 2.15. The van der Waals surface area contributed by atoms with Gasteiger partial charge in [0.15, 0.2) is 0 Å². The van der Waals surface area contributed by atoms with Crippen molar-refractivity contribution in [3.63, 3.8) is 0 Å². The van der Waals surface area contributed by atoms with Crippen LogP contribution >= 0.6 is 11.6 Å². The van der Waals surface area contributed by atoms with Crippen LogP contribution in [0.4, 0.5) is 11.4 Å². The van der Waals surface area contributed by atoms with Crippen molar-refractivity contribution in [2.75, 3.05) is 23.8 Å². The molecule has 3 nitrogen and oxygen atoms in total. The van der Waals surface area contributed by atoms with E-state index >= 15 is 0 Å². The molecule has 2 aromatic carbocycles. The van der Waals surface area contributed by atoms with E-state index in [1.165, 1.54) is 0 Å². The Bertz CT molecular complexity index is 671. The zero-order valence-corrected chi connectivity index (χ0v) is 14.7. The molecule has 0 heterocycles. The highest BCUT2D eigenvalue weighted by molar-refractivity contribution is 6.32. The van der Waals surface area contributed by atoms with Crippen molar-refractivity contribution < 1.29 is 4.79 Å². The van der Waals surface area contributed by atoms with E-state index in [1.807, 2.05) is 61.3 Å². The van der Waals surface area contributed by atoms with E-state index in [0.29, 0.717) is 11.6 Å². The summed E-state index contributed by atoms with van der Waals surface area (Å²) in [6.07, 6.45) is 1.64. The molecule has 122 valence electrons. The van der Waals surface area contributed by atoms with Crippen molar-refractivity contribution in [2.24, 2.45) is 0 Å². The highest BCUT2D eigenvalue weighted by Gasteiger charge is 2.14. The summed E-state index contributed by atoms with van der Waals surface area (Å²) in [6.45, 7) is 4.42. The molecule has 0 aliphatic heterocycles. The van der Waals surface area contributed by atoms with Gasteiger partial charge in [-0.15, -0.1) is 0 Å². The molecule has 0 spiro atoms. The van der Waals surface area contributed by atoms with Gasteiger partial charge in [0.05, 0.1) is 6.54 Å². The SMILES string of the molecule is CCc1ccc(Cl)c(CC)c1NC(=O)CN(C)c1ccccc1. The second-order valence-electron chi connectivity index (χ2n) is 5.51. The summed E-state index contributed by atoms with van der Waals surface area (Å²) in [6, 6.07) is 13.8. The van der Waals surface area contributed by atoms with E-state index in [2.05, 4.69) is 12.2 Å². The quantitative estimate of drug-likeness (QED) is 0.843. The van der Waals surface area contributed by atoms with Gasteiger partial charge in [-0.05, 0) is 42.2 Å². The van der Waals surface area contributed by atoms with Crippen molar-refractivity contribution in [3.8, 4) is 0 Å². The first-order valence-electron chi connectivity index (χ1n) is 7.93. The van der Waals surface area contributed by atoms with E-state index < -0.39 is 0 Å². The predicted octanol–water partition coefficient (Wildman–Crippen LogP) is 4.54. The third kappa shape index (κ3) is 4.26. The standard InChI is InChI=1S/C19H23ClN2O/c1-4-14-11-12-17(20)16(5-2)19(14)21-18(23)13-22(3)15-9-7-6-8-10-15/h6-12H,4-5,13H2,1-3H3,(H,21,23). The number of benzene rings is 2. The van der Waals surface area contributed by atoms with E-state index in [0.717, 1.165) is 35.3 Å². The lowest BCUT2D eigenvalue weighted by atomic mass is 10.0. The van der Waals surface area contributed by atoms with Gasteiger partial charge in [0.1, 0.15) is 0 Å². The maximum absolute atomic E-state index is 12.4. The summed E-state index contributed by atoms with van der Waals surface area (Å²) in [5, 5.41) is 3.76. The second kappa shape index (κ2) is 8.02. The van der Waals surface area contributed by atoms with Crippen LogP contribution in [0.15, 0.2) is 42.5 Å². The van der Waals surface area contributed by atoms with Gasteiger partial charge >= 0.3 is 0 Å². The average Bonchev–Trinajstić information content (AvgIpc) is 2.56. The molecule has 0 aromatic heterocycles. The Morgan fingerprint density at radius 2 is 1.78 bits per heavy atom. The number of anilines is 2. The fraction of sp³-hybridized carbons (Fsp3) is 0.316. The normalized spacial score (nSPS) is 10.4. The fourth-order valence-electron chi connectivity index (χ4n) is 2.64. The van der Waals surface area contributed by atoms with Gasteiger partial charge in [0, 0.05) is 23.4 Å². The molecule has 0 unspecified atom stereocenters. The van der Waals surface area contributed by atoms with Crippen LogP contribution in [-0.4, -0.2) is 19.5 Å². The number of aryl methyl sites for hydroxylation is 1. The number of halogens is 1. The molecule has 2 aromatic rings. The first kappa shape index (κ1) is 17.4. The minimum absolute atomic E-state index is 0.0389. The Hall–Kier alpha value is -2.00. The molecular weight excluding hydrogens is 308 g/mol. The topological polar surface area (TPSA) is 32.3 Å². The number of amides is 1. The highest BCUT2D eigenvalue weighted by Crippen LogP contribution is 2.29. The van der Waals surface area contributed by atoms with Crippen molar-refractivity contribution in [1.29, 1.82) is 0 Å². The minimum Gasteiger partial charge on any atom is -0.365 e. The molecule has 2 rings (SSSR count). The van der Waals surface area contributed by atoms with E-state index in [4.69, 9.17) is 11.6 Å². The fourth-order valence-corrected chi connectivity index (χ4v) is 2.93. The van der Waals surface area contributed by atoms with Gasteiger partial charge in [0.2, 0.25) is 5.91 Å². The molecule has 1 amide bonds. The van der Waals surface area contributed by atoms with Crippen LogP contribution in [0.2, 0.25) is 5.02 Å². The largest absolute Gasteiger partial charge is 0.365 e. The summed E-state index contributed by atoms with van der Waals surface area (Å²) in [5.41, 5.74) is 4.00. The maximum Gasteiger partial charge on any atom is 0.243 e. The summed E-state index contributed by atoms with van der Waals surface area (Å²) >= 11 is 6.28. The number of hydrogen-bond donors (Lipinski definition) is 1. The van der Waals surface area contributed by atoms with E-state index in [1.54, 1.807) is 0 Å². The van der Waals surface area contributed by atoms with E-state index in [-0.39, 0.29) is 5.91 Å². The minimum atomic E-state index is -0.0389. The van der Waals surface area contributed by atoms with Crippen molar-refractivity contribution in [1.82, 2.24) is 0 Å². The molecule has 0 fully saturated rings. The van der Waals surface area contributed by atoms with Gasteiger partial charge in [-0.1, -0.05) is 49.7 Å². The lowest BCUT2D eigenvalue weighted by Crippen LogP contribution is -2.30. The van der Waals surface area contributed by atoms with Gasteiger partial charge in [0.25, 0.3) is 0 Å². The van der Waals surface area contributed by atoms with Crippen LogP contribution < -0.4 is 10.2 Å². The Labute approximate surface area is 143 Å². The lowest BCUT2D eigenvalue weighted by Gasteiger charge is -2.21. The number of nitrogens with zero attached hydrogens (tertiary/aromatic N) is 1. The molecular formula is C19H23ClN2O. The first-order chi connectivity index (χ1) is 11.1. The zero-order chi connectivity index (χ0) is 16.8. The molecule has 0 atom stereocenters.